The number of nitrogens with one attached hydrogen (secondary N) is 1. The standard InChI is InChI=1S/C20H21ClFN3O2/c1-20(2,27)15-5-3-11(9-16(15)21)24-19(26)25-12-4-6-17(25)13-7-8-23-18(22)14(13)10-12/h3,5,7-9,12,17,27H,4,6,10H2,1-2H3,(H,24,26)/t12-,17+/m0/s1. The first-order valence-corrected chi connectivity index (χ1v) is 9.38. The molecule has 1 aromatic heterocycles. The molecular formula is C20H21ClFN3O2. The molecule has 3 heterocycles. The Bertz CT molecular complexity index is 913. The molecular weight excluding hydrogens is 369 g/mol. The molecule has 2 atom stereocenters. The smallest absolute Gasteiger partial charge is 0.322 e. The molecule has 1 fully saturated rings. The predicted molar refractivity (Wildman–Crippen MR) is 101 cm³/mol. The Morgan fingerprint density at radius 3 is 2.85 bits per heavy atom. The highest BCUT2D eigenvalue weighted by atomic mass is 35.5. The van der Waals surface area contributed by atoms with Crippen LogP contribution in [0.5, 0.6) is 0 Å². The molecule has 0 saturated carbocycles. The second kappa shape index (κ2) is 6.46. The van der Waals surface area contributed by atoms with Crippen molar-refractivity contribution < 1.29 is 14.3 Å². The molecule has 142 valence electrons. The molecule has 0 radical (unpaired) electrons. The van der Waals surface area contributed by atoms with E-state index >= 15 is 0 Å². The van der Waals surface area contributed by atoms with Crippen molar-refractivity contribution in [2.75, 3.05) is 5.32 Å². The van der Waals surface area contributed by atoms with Gasteiger partial charge >= 0.3 is 6.03 Å². The van der Waals surface area contributed by atoms with Gasteiger partial charge in [0.1, 0.15) is 0 Å². The van der Waals surface area contributed by atoms with E-state index < -0.39 is 11.5 Å². The summed E-state index contributed by atoms with van der Waals surface area (Å²) < 4.78 is 14.0. The molecule has 5 nitrogen and oxygen atoms in total. The van der Waals surface area contributed by atoms with E-state index in [1.807, 2.05) is 0 Å². The summed E-state index contributed by atoms with van der Waals surface area (Å²) in [6, 6.07) is 6.47. The van der Waals surface area contributed by atoms with Crippen LogP contribution in [0.15, 0.2) is 30.5 Å². The number of halogens is 2. The summed E-state index contributed by atoms with van der Waals surface area (Å²) in [5.41, 5.74) is 1.57. The highest BCUT2D eigenvalue weighted by molar-refractivity contribution is 6.31. The van der Waals surface area contributed by atoms with Crippen LogP contribution in [0.1, 0.15) is 49.4 Å². The number of amides is 2. The molecule has 27 heavy (non-hydrogen) atoms. The number of rotatable bonds is 2. The van der Waals surface area contributed by atoms with Crippen LogP contribution in [-0.2, 0) is 12.0 Å². The highest BCUT2D eigenvalue weighted by Gasteiger charge is 2.43. The van der Waals surface area contributed by atoms with E-state index in [0.29, 0.717) is 28.3 Å². The summed E-state index contributed by atoms with van der Waals surface area (Å²) >= 11 is 6.26. The molecule has 1 aromatic carbocycles. The van der Waals surface area contributed by atoms with E-state index in [0.717, 1.165) is 18.4 Å². The molecule has 2 amide bonds. The number of hydrogen-bond acceptors (Lipinski definition) is 3. The number of nitrogens with zero attached hydrogens (tertiary/aromatic N) is 2. The van der Waals surface area contributed by atoms with Crippen LogP contribution in [-0.4, -0.2) is 27.1 Å². The van der Waals surface area contributed by atoms with Gasteiger partial charge in [-0.1, -0.05) is 17.7 Å². The van der Waals surface area contributed by atoms with E-state index in [2.05, 4.69) is 10.3 Å². The maximum atomic E-state index is 14.0. The molecule has 2 aliphatic rings. The number of anilines is 1. The number of carbonyl (C=O) groups is 1. The van der Waals surface area contributed by atoms with Gasteiger partial charge in [-0.15, -0.1) is 0 Å². The van der Waals surface area contributed by atoms with Crippen molar-refractivity contribution in [1.29, 1.82) is 0 Å². The van der Waals surface area contributed by atoms with Crippen molar-refractivity contribution in [3.05, 3.63) is 58.1 Å². The fraction of sp³-hybridized carbons (Fsp3) is 0.400. The van der Waals surface area contributed by atoms with Crippen molar-refractivity contribution in [3.63, 3.8) is 0 Å². The van der Waals surface area contributed by atoms with Crippen molar-refractivity contribution >= 4 is 23.3 Å². The molecule has 2 N–H and O–H groups in total. The number of aromatic nitrogens is 1. The van der Waals surface area contributed by atoms with Gasteiger partial charge in [-0.05, 0) is 56.9 Å². The van der Waals surface area contributed by atoms with E-state index in [1.165, 1.54) is 6.20 Å². The van der Waals surface area contributed by atoms with Gasteiger partial charge in [0.05, 0.1) is 11.6 Å². The largest absolute Gasteiger partial charge is 0.386 e. The quantitative estimate of drug-likeness (QED) is 0.748. The van der Waals surface area contributed by atoms with E-state index in [1.54, 1.807) is 43.0 Å². The monoisotopic (exact) mass is 389 g/mol. The molecule has 0 spiro atoms. The zero-order chi connectivity index (χ0) is 19.3. The summed E-state index contributed by atoms with van der Waals surface area (Å²) in [5.74, 6) is -0.432. The molecule has 0 unspecified atom stereocenters. The Morgan fingerprint density at radius 1 is 1.37 bits per heavy atom. The average molecular weight is 390 g/mol. The number of fused-ring (bicyclic) bond motifs is 4. The van der Waals surface area contributed by atoms with Gasteiger partial charge in [0.2, 0.25) is 5.95 Å². The topological polar surface area (TPSA) is 65.5 Å². The minimum absolute atomic E-state index is 0.0349. The third-order valence-corrected chi connectivity index (χ3v) is 5.77. The Labute approximate surface area is 162 Å². The molecule has 2 aliphatic heterocycles. The van der Waals surface area contributed by atoms with Crippen molar-refractivity contribution in [2.24, 2.45) is 0 Å². The molecule has 2 bridgehead atoms. The number of pyridine rings is 1. The molecule has 4 rings (SSSR count). The number of benzene rings is 1. The van der Waals surface area contributed by atoms with Gasteiger partial charge in [-0.2, -0.15) is 4.39 Å². The minimum Gasteiger partial charge on any atom is -0.386 e. The first kappa shape index (κ1) is 18.2. The van der Waals surface area contributed by atoms with E-state index in [-0.39, 0.29) is 18.1 Å². The summed E-state index contributed by atoms with van der Waals surface area (Å²) in [6.07, 6.45) is 3.59. The Hall–Kier alpha value is -2.18. The second-order valence-electron chi connectivity index (χ2n) is 7.71. The van der Waals surface area contributed by atoms with Gasteiger partial charge in [-0.3, -0.25) is 0 Å². The van der Waals surface area contributed by atoms with Gasteiger partial charge in [0, 0.05) is 34.1 Å². The first-order valence-electron chi connectivity index (χ1n) is 9.00. The highest BCUT2D eigenvalue weighted by Crippen LogP contribution is 2.44. The number of hydrogen-bond donors (Lipinski definition) is 2. The van der Waals surface area contributed by atoms with Crippen LogP contribution in [0.25, 0.3) is 0 Å². The SMILES string of the molecule is CC(C)(O)c1ccc(NC(=O)N2[C@H]3CC[C@@H]2c2ccnc(F)c2C3)cc1Cl. The lowest BCUT2D eigenvalue weighted by Crippen LogP contribution is -2.44. The Morgan fingerprint density at radius 2 is 2.15 bits per heavy atom. The molecule has 2 aromatic rings. The average Bonchev–Trinajstić information content (AvgIpc) is 2.90. The lowest BCUT2D eigenvalue weighted by Gasteiger charge is -2.36. The molecule has 7 heteroatoms. The predicted octanol–water partition coefficient (Wildman–Crippen LogP) is 4.40. The summed E-state index contributed by atoms with van der Waals surface area (Å²) in [5, 5.41) is 13.4. The Balaban J connectivity index is 1.57. The first-order chi connectivity index (χ1) is 12.8. The maximum absolute atomic E-state index is 14.0. The Kier molecular flexibility index (Phi) is 4.35. The number of aliphatic hydroxyl groups is 1. The lowest BCUT2D eigenvalue weighted by molar-refractivity contribution is 0.0787. The fourth-order valence-electron chi connectivity index (χ4n) is 4.20. The normalized spacial score (nSPS) is 21.1. The molecule has 0 aliphatic carbocycles. The molecule has 1 saturated heterocycles. The third-order valence-electron chi connectivity index (χ3n) is 5.45. The van der Waals surface area contributed by atoms with Crippen LogP contribution in [0.3, 0.4) is 0 Å². The number of carbonyl (C=O) groups excluding carboxylic acids is 1. The van der Waals surface area contributed by atoms with Gasteiger partial charge in [0.25, 0.3) is 0 Å². The van der Waals surface area contributed by atoms with E-state index in [9.17, 15) is 14.3 Å². The van der Waals surface area contributed by atoms with Gasteiger partial charge in [0.15, 0.2) is 0 Å². The van der Waals surface area contributed by atoms with Crippen LogP contribution in [0.4, 0.5) is 14.9 Å². The van der Waals surface area contributed by atoms with Crippen molar-refractivity contribution in [2.45, 2.75) is 50.8 Å². The van der Waals surface area contributed by atoms with E-state index in [4.69, 9.17) is 11.6 Å². The zero-order valence-electron chi connectivity index (χ0n) is 15.2. The second-order valence-corrected chi connectivity index (χ2v) is 8.12. The van der Waals surface area contributed by atoms with Gasteiger partial charge < -0.3 is 15.3 Å². The minimum atomic E-state index is -1.06. The summed E-state index contributed by atoms with van der Waals surface area (Å²) in [4.78, 5) is 18.5. The third kappa shape index (κ3) is 3.17. The fourth-order valence-corrected chi connectivity index (χ4v) is 4.62. The number of urea groups is 1. The maximum Gasteiger partial charge on any atom is 0.322 e. The summed E-state index contributed by atoms with van der Waals surface area (Å²) in [7, 11) is 0. The van der Waals surface area contributed by atoms with Crippen LogP contribution < -0.4 is 5.32 Å². The van der Waals surface area contributed by atoms with Crippen LogP contribution in [0, 0.1) is 5.95 Å². The van der Waals surface area contributed by atoms with Gasteiger partial charge in [-0.25, -0.2) is 9.78 Å². The van der Waals surface area contributed by atoms with Crippen molar-refractivity contribution in [1.82, 2.24) is 9.88 Å². The van der Waals surface area contributed by atoms with Crippen LogP contribution in [0.2, 0.25) is 5.02 Å². The lowest BCUT2D eigenvalue weighted by atomic mass is 9.95. The summed E-state index contributed by atoms with van der Waals surface area (Å²) in [6.45, 7) is 3.31. The van der Waals surface area contributed by atoms with Crippen molar-refractivity contribution in [3.8, 4) is 0 Å². The zero-order valence-corrected chi connectivity index (χ0v) is 15.9. The van der Waals surface area contributed by atoms with Crippen LogP contribution >= 0.6 is 11.6 Å².